The molecule has 3 aromatic rings. The van der Waals surface area contributed by atoms with Gasteiger partial charge in [-0.25, -0.2) is 9.78 Å². The summed E-state index contributed by atoms with van der Waals surface area (Å²) in [6.07, 6.45) is -4.68. The van der Waals surface area contributed by atoms with Gasteiger partial charge in [0.05, 0.1) is 18.1 Å². The number of aromatic carboxylic acids is 1. The van der Waals surface area contributed by atoms with Crippen LogP contribution in [0.3, 0.4) is 0 Å². The predicted molar refractivity (Wildman–Crippen MR) is 118 cm³/mol. The van der Waals surface area contributed by atoms with Crippen LogP contribution in [-0.4, -0.2) is 39.8 Å². The molecule has 34 heavy (non-hydrogen) atoms. The SMILES string of the molecule is COc1cc2c(cc1C(=O)O)nc(Cc1cc(CNC(=O)C3(C(F)(F)F)CC3)ccc1Cl)n2C. The minimum atomic E-state index is -4.56. The first kappa shape index (κ1) is 23.9. The lowest BCUT2D eigenvalue weighted by atomic mass is 10.0. The molecule has 2 N–H and O–H groups in total. The summed E-state index contributed by atoms with van der Waals surface area (Å²) in [5.74, 6) is -1.36. The largest absolute Gasteiger partial charge is 0.496 e. The standard InChI is InChI=1S/C23H21ClF3N3O4/c1-30-17-10-18(34-2)14(20(31)32)9-16(17)29-19(30)8-13-7-12(3-4-15(13)24)11-28-21(33)22(5-6-22)23(25,26)27/h3-4,7,9-10H,5-6,8,11H2,1-2H3,(H,28,33)(H,31,32). The Morgan fingerprint density at radius 2 is 1.97 bits per heavy atom. The average Bonchev–Trinajstić information content (AvgIpc) is 3.55. The summed E-state index contributed by atoms with van der Waals surface area (Å²) in [4.78, 5) is 28.2. The van der Waals surface area contributed by atoms with Crippen molar-refractivity contribution in [2.75, 3.05) is 7.11 Å². The number of fused-ring (bicyclic) bond motifs is 1. The zero-order valence-electron chi connectivity index (χ0n) is 18.3. The maximum absolute atomic E-state index is 13.1. The molecule has 0 radical (unpaired) electrons. The number of aryl methyl sites for hydroxylation is 1. The van der Waals surface area contributed by atoms with Crippen molar-refractivity contribution in [3.63, 3.8) is 0 Å². The lowest BCUT2D eigenvalue weighted by Crippen LogP contribution is -2.40. The molecule has 2 aromatic carbocycles. The number of amides is 1. The van der Waals surface area contributed by atoms with Crippen molar-refractivity contribution in [2.24, 2.45) is 12.5 Å². The van der Waals surface area contributed by atoms with E-state index in [0.29, 0.717) is 33.0 Å². The summed E-state index contributed by atoms with van der Waals surface area (Å²) >= 11 is 6.35. The molecule has 0 bridgehead atoms. The summed E-state index contributed by atoms with van der Waals surface area (Å²) in [7, 11) is 3.16. The molecule has 0 atom stereocenters. The number of alkyl halides is 3. The fraction of sp³-hybridized carbons (Fsp3) is 0.348. The third kappa shape index (κ3) is 4.18. The van der Waals surface area contributed by atoms with E-state index in [1.807, 2.05) is 0 Å². The average molecular weight is 496 g/mol. The Bertz CT molecular complexity index is 1300. The van der Waals surface area contributed by atoms with Gasteiger partial charge in [-0.15, -0.1) is 0 Å². The fourth-order valence-electron chi connectivity index (χ4n) is 3.92. The van der Waals surface area contributed by atoms with Crippen molar-refractivity contribution < 1.29 is 32.6 Å². The number of aromatic nitrogens is 2. The van der Waals surface area contributed by atoms with Crippen LogP contribution >= 0.6 is 11.6 Å². The number of nitrogens with one attached hydrogen (secondary N) is 1. The number of methoxy groups -OCH3 is 1. The van der Waals surface area contributed by atoms with Crippen LogP contribution in [0.25, 0.3) is 11.0 Å². The number of nitrogens with zero attached hydrogens (tertiary/aromatic N) is 2. The maximum Gasteiger partial charge on any atom is 0.403 e. The summed E-state index contributed by atoms with van der Waals surface area (Å²) in [6, 6.07) is 7.99. The summed E-state index contributed by atoms with van der Waals surface area (Å²) < 4.78 is 46.4. The number of hydrogen-bond donors (Lipinski definition) is 2. The maximum atomic E-state index is 13.1. The number of carboxylic acids is 1. The number of carbonyl (C=O) groups is 2. The van der Waals surface area contributed by atoms with E-state index in [1.54, 1.807) is 35.9 Å². The molecule has 1 amide bonds. The van der Waals surface area contributed by atoms with Gasteiger partial charge in [-0.2, -0.15) is 13.2 Å². The molecule has 11 heteroatoms. The highest BCUT2D eigenvalue weighted by Crippen LogP contribution is 2.57. The summed E-state index contributed by atoms with van der Waals surface area (Å²) in [5.41, 5.74) is 0.109. The minimum absolute atomic E-state index is 0.0114. The van der Waals surface area contributed by atoms with Crippen LogP contribution in [0.1, 0.15) is 40.2 Å². The lowest BCUT2D eigenvalue weighted by Gasteiger charge is -2.18. The first-order valence-corrected chi connectivity index (χ1v) is 10.7. The van der Waals surface area contributed by atoms with Crippen LogP contribution in [0, 0.1) is 5.41 Å². The topological polar surface area (TPSA) is 93.5 Å². The van der Waals surface area contributed by atoms with E-state index in [1.165, 1.54) is 13.2 Å². The highest BCUT2D eigenvalue weighted by molar-refractivity contribution is 6.31. The van der Waals surface area contributed by atoms with E-state index in [4.69, 9.17) is 16.3 Å². The number of rotatable bonds is 7. The number of carbonyl (C=O) groups excluding carboxylic acids is 1. The van der Waals surface area contributed by atoms with Crippen LogP contribution in [0.4, 0.5) is 13.2 Å². The van der Waals surface area contributed by atoms with Gasteiger partial charge in [0.1, 0.15) is 22.6 Å². The molecular formula is C23H21ClF3N3O4. The highest BCUT2D eigenvalue weighted by atomic mass is 35.5. The molecule has 0 saturated heterocycles. The molecule has 180 valence electrons. The molecule has 0 spiro atoms. The number of carboxylic acid groups (broad SMARTS) is 1. The van der Waals surface area contributed by atoms with Crippen molar-refractivity contribution in [1.29, 1.82) is 0 Å². The zero-order chi connectivity index (χ0) is 24.8. The Morgan fingerprint density at radius 3 is 2.56 bits per heavy atom. The van der Waals surface area contributed by atoms with Gasteiger partial charge in [-0.1, -0.05) is 23.7 Å². The Labute approximate surface area is 197 Å². The van der Waals surface area contributed by atoms with Crippen LogP contribution in [-0.2, 0) is 24.8 Å². The van der Waals surface area contributed by atoms with Crippen LogP contribution in [0.5, 0.6) is 5.75 Å². The third-order valence-corrected chi connectivity index (χ3v) is 6.53. The molecule has 7 nitrogen and oxygen atoms in total. The molecule has 1 aliphatic carbocycles. The number of halogens is 4. The van der Waals surface area contributed by atoms with Crippen molar-refractivity contribution in [3.8, 4) is 5.75 Å². The summed E-state index contributed by atoms with van der Waals surface area (Å²) in [6.45, 7) is -0.0669. The highest BCUT2D eigenvalue weighted by Gasteiger charge is 2.68. The first-order valence-electron chi connectivity index (χ1n) is 10.4. The van der Waals surface area contributed by atoms with Crippen LogP contribution < -0.4 is 10.1 Å². The molecular weight excluding hydrogens is 475 g/mol. The Hall–Kier alpha value is -3.27. The molecule has 1 fully saturated rings. The van der Waals surface area contributed by atoms with Gasteiger partial charge in [-0.3, -0.25) is 4.79 Å². The number of imidazole rings is 1. The molecule has 1 aliphatic rings. The van der Waals surface area contributed by atoms with E-state index < -0.39 is 23.5 Å². The van der Waals surface area contributed by atoms with E-state index in [9.17, 15) is 27.9 Å². The molecule has 1 saturated carbocycles. The van der Waals surface area contributed by atoms with Gasteiger partial charge in [0.15, 0.2) is 0 Å². The number of hydrogen-bond acceptors (Lipinski definition) is 4. The van der Waals surface area contributed by atoms with Gasteiger partial charge >= 0.3 is 12.1 Å². The van der Waals surface area contributed by atoms with Crippen LogP contribution in [0.15, 0.2) is 30.3 Å². The second-order valence-electron chi connectivity index (χ2n) is 8.30. The Morgan fingerprint density at radius 1 is 1.26 bits per heavy atom. The fourth-order valence-corrected chi connectivity index (χ4v) is 4.11. The second kappa shape index (κ2) is 8.50. The Kier molecular flexibility index (Phi) is 5.97. The molecule has 1 heterocycles. The van der Waals surface area contributed by atoms with Gasteiger partial charge in [-0.05, 0) is 36.1 Å². The van der Waals surface area contributed by atoms with E-state index >= 15 is 0 Å². The van der Waals surface area contributed by atoms with E-state index in [0.717, 1.165) is 0 Å². The van der Waals surface area contributed by atoms with Gasteiger partial charge < -0.3 is 19.7 Å². The van der Waals surface area contributed by atoms with Gasteiger partial charge in [0.2, 0.25) is 5.91 Å². The van der Waals surface area contributed by atoms with Crippen LogP contribution in [0.2, 0.25) is 5.02 Å². The smallest absolute Gasteiger partial charge is 0.403 e. The van der Waals surface area contributed by atoms with Crippen molar-refractivity contribution in [3.05, 3.63) is 57.9 Å². The van der Waals surface area contributed by atoms with Gasteiger partial charge in [0, 0.05) is 31.1 Å². The minimum Gasteiger partial charge on any atom is -0.496 e. The third-order valence-electron chi connectivity index (χ3n) is 6.16. The molecule has 0 unspecified atom stereocenters. The van der Waals surface area contributed by atoms with Crippen molar-refractivity contribution in [1.82, 2.24) is 14.9 Å². The molecule has 4 rings (SSSR count). The quantitative estimate of drug-likeness (QED) is 0.504. The summed E-state index contributed by atoms with van der Waals surface area (Å²) in [5, 5.41) is 12.2. The zero-order valence-corrected chi connectivity index (χ0v) is 19.0. The molecule has 0 aliphatic heterocycles. The lowest BCUT2D eigenvalue weighted by molar-refractivity contribution is -0.192. The van der Waals surface area contributed by atoms with E-state index in [2.05, 4.69) is 10.3 Å². The predicted octanol–water partition coefficient (Wildman–Crippen LogP) is 4.48. The van der Waals surface area contributed by atoms with Gasteiger partial charge in [0.25, 0.3) is 0 Å². The van der Waals surface area contributed by atoms with E-state index in [-0.39, 0.29) is 37.1 Å². The number of benzene rings is 2. The van der Waals surface area contributed by atoms with Crippen molar-refractivity contribution >= 4 is 34.5 Å². The monoisotopic (exact) mass is 495 g/mol. The number of ether oxygens (including phenoxy) is 1. The normalized spacial score (nSPS) is 14.8. The second-order valence-corrected chi connectivity index (χ2v) is 8.71. The molecule has 1 aromatic heterocycles. The first-order chi connectivity index (χ1) is 16.0. The Balaban J connectivity index is 1.56. The van der Waals surface area contributed by atoms with Crippen molar-refractivity contribution in [2.45, 2.75) is 32.0 Å².